The lowest BCUT2D eigenvalue weighted by molar-refractivity contribution is 0.00838. The number of phenols is 1. The molecular weight excluding hydrogens is 254 g/mol. The van der Waals surface area contributed by atoms with Crippen molar-refractivity contribution < 1.29 is 9.84 Å². The van der Waals surface area contributed by atoms with Gasteiger partial charge in [0.05, 0.1) is 12.2 Å². The molecule has 102 valence electrons. The number of para-hydroxylation sites is 1. The number of fused-ring (bicyclic) bond motifs is 1. The number of nitrogens with zero attached hydrogens (tertiary/aromatic N) is 2. The molecule has 1 aliphatic heterocycles. The van der Waals surface area contributed by atoms with E-state index in [2.05, 4.69) is 10.2 Å². The molecule has 2 aromatic rings. The van der Waals surface area contributed by atoms with Crippen molar-refractivity contribution >= 4 is 5.82 Å². The molecule has 1 aromatic carbocycles. The van der Waals surface area contributed by atoms with Gasteiger partial charge < -0.3 is 15.6 Å². The smallest absolute Gasteiger partial charge is 0.151 e. The molecule has 0 saturated heterocycles. The first-order valence-corrected chi connectivity index (χ1v) is 6.75. The van der Waals surface area contributed by atoms with Gasteiger partial charge in [0.15, 0.2) is 5.82 Å². The average Bonchev–Trinajstić information content (AvgIpc) is 3.19. The van der Waals surface area contributed by atoms with Gasteiger partial charge in [0.2, 0.25) is 0 Å². The van der Waals surface area contributed by atoms with Gasteiger partial charge in [0.25, 0.3) is 0 Å². The maximum absolute atomic E-state index is 10.1. The van der Waals surface area contributed by atoms with E-state index in [1.807, 2.05) is 12.1 Å². The molecule has 5 heteroatoms. The highest BCUT2D eigenvalue weighted by Gasteiger charge is 2.47. The van der Waals surface area contributed by atoms with Crippen molar-refractivity contribution in [3.63, 3.8) is 0 Å². The minimum Gasteiger partial charge on any atom is -0.507 e. The molecule has 0 unspecified atom stereocenters. The van der Waals surface area contributed by atoms with E-state index in [0.29, 0.717) is 18.0 Å². The topological polar surface area (TPSA) is 81.3 Å². The minimum absolute atomic E-state index is 0.0262. The Morgan fingerprint density at radius 1 is 1.15 bits per heavy atom. The van der Waals surface area contributed by atoms with Crippen molar-refractivity contribution in [1.82, 2.24) is 10.2 Å². The lowest BCUT2D eigenvalue weighted by Gasteiger charge is -2.27. The third-order valence-electron chi connectivity index (χ3n) is 4.21. The Hall–Kier alpha value is -2.14. The summed E-state index contributed by atoms with van der Waals surface area (Å²) in [4.78, 5) is 0. The normalized spacial score (nSPS) is 18.8. The first-order chi connectivity index (χ1) is 9.69. The van der Waals surface area contributed by atoms with Gasteiger partial charge in [-0.3, -0.25) is 0 Å². The zero-order valence-corrected chi connectivity index (χ0v) is 11.0. The number of hydrogen-bond donors (Lipinski definition) is 2. The second kappa shape index (κ2) is 3.93. The van der Waals surface area contributed by atoms with Crippen molar-refractivity contribution in [2.45, 2.75) is 31.5 Å². The van der Waals surface area contributed by atoms with Gasteiger partial charge in [-0.2, -0.15) is 0 Å². The van der Waals surface area contributed by atoms with Crippen LogP contribution in [0.15, 0.2) is 24.3 Å². The number of phenolic OH excluding ortho intramolecular Hbond substituents is 1. The van der Waals surface area contributed by atoms with Gasteiger partial charge in [-0.1, -0.05) is 12.1 Å². The Bertz CT molecular complexity index is 696. The van der Waals surface area contributed by atoms with Crippen LogP contribution in [0.5, 0.6) is 5.75 Å². The van der Waals surface area contributed by atoms with Crippen LogP contribution in [0.4, 0.5) is 5.82 Å². The Morgan fingerprint density at radius 3 is 2.70 bits per heavy atom. The summed E-state index contributed by atoms with van der Waals surface area (Å²) in [7, 11) is 0. The third-order valence-corrected chi connectivity index (χ3v) is 4.21. The van der Waals surface area contributed by atoms with Gasteiger partial charge in [-0.05, 0) is 30.5 Å². The molecule has 0 bridgehead atoms. The number of ether oxygens (including phenoxy) is 1. The number of anilines is 1. The van der Waals surface area contributed by atoms with Crippen LogP contribution in [0.1, 0.15) is 24.0 Å². The van der Waals surface area contributed by atoms with E-state index in [1.54, 1.807) is 12.1 Å². The number of rotatable bonds is 1. The Kier molecular flexibility index (Phi) is 2.29. The standard InChI is InChI=1S/C15H15N3O2/c16-14-11-8-20-15(5-6-15)7-10(11)13(17-18-14)9-3-1-2-4-12(9)19/h1-4,19H,5-8H2,(H2,16,18). The van der Waals surface area contributed by atoms with E-state index in [-0.39, 0.29) is 11.4 Å². The SMILES string of the molecule is Nc1nnc(-c2ccccc2O)c2c1COC1(CC1)C2. The molecular formula is C15H15N3O2. The van der Waals surface area contributed by atoms with Crippen LogP contribution >= 0.6 is 0 Å². The monoisotopic (exact) mass is 269 g/mol. The van der Waals surface area contributed by atoms with Crippen LogP contribution in [-0.4, -0.2) is 20.9 Å². The molecule has 3 N–H and O–H groups in total. The predicted octanol–water partition coefficient (Wildman–Crippen LogP) is 2.04. The van der Waals surface area contributed by atoms with Crippen LogP contribution < -0.4 is 5.73 Å². The largest absolute Gasteiger partial charge is 0.507 e. The fourth-order valence-corrected chi connectivity index (χ4v) is 2.82. The van der Waals surface area contributed by atoms with Crippen LogP contribution in [0.2, 0.25) is 0 Å². The fourth-order valence-electron chi connectivity index (χ4n) is 2.82. The van der Waals surface area contributed by atoms with E-state index in [9.17, 15) is 5.11 Å². The van der Waals surface area contributed by atoms with Crippen LogP contribution in [-0.2, 0) is 17.8 Å². The van der Waals surface area contributed by atoms with Crippen molar-refractivity contribution in [2.24, 2.45) is 0 Å². The van der Waals surface area contributed by atoms with E-state index in [0.717, 1.165) is 36.1 Å². The Morgan fingerprint density at radius 2 is 1.95 bits per heavy atom. The highest BCUT2D eigenvalue weighted by molar-refractivity contribution is 5.72. The van der Waals surface area contributed by atoms with Gasteiger partial charge in [-0.25, -0.2) is 0 Å². The van der Waals surface area contributed by atoms with E-state index in [4.69, 9.17) is 10.5 Å². The molecule has 4 rings (SSSR count). The number of nitrogen functional groups attached to an aromatic ring is 1. The highest BCUT2D eigenvalue weighted by Crippen LogP contribution is 2.49. The van der Waals surface area contributed by atoms with Crippen LogP contribution in [0.25, 0.3) is 11.3 Å². The lowest BCUT2D eigenvalue weighted by Crippen LogP contribution is -2.26. The highest BCUT2D eigenvalue weighted by atomic mass is 16.5. The number of aromatic nitrogens is 2. The zero-order valence-electron chi connectivity index (χ0n) is 11.0. The Balaban J connectivity index is 1.91. The first-order valence-electron chi connectivity index (χ1n) is 6.75. The van der Waals surface area contributed by atoms with Crippen molar-refractivity contribution in [2.75, 3.05) is 5.73 Å². The van der Waals surface area contributed by atoms with E-state index >= 15 is 0 Å². The third kappa shape index (κ3) is 1.67. The quantitative estimate of drug-likeness (QED) is 0.828. The molecule has 1 fully saturated rings. The summed E-state index contributed by atoms with van der Waals surface area (Å²) in [5.41, 5.74) is 9.30. The summed E-state index contributed by atoms with van der Waals surface area (Å²) in [6.45, 7) is 0.483. The molecule has 0 atom stereocenters. The second-order valence-corrected chi connectivity index (χ2v) is 5.56. The lowest BCUT2D eigenvalue weighted by atomic mass is 9.93. The number of aromatic hydroxyl groups is 1. The molecule has 2 aliphatic rings. The number of nitrogens with two attached hydrogens (primary N) is 1. The molecule has 0 radical (unpaired) electrons. The molecule has 1 aromatic heterocycles. The summed E-state index contributed by atoms with van der Waals surface area (Å²) in [5.74, 6) is 0.639. The van der Waals surface area contributed by atoms with Crippen LogP contribution in [0, 0.1) is 0 Å². The fraction of sp³-hybridized carbons (Fsp3) is 0.333. The molecule has 1 aliphatic carbocycles. The summed E-state index contributed by atoms with van der Waals surface area (Å²) in [5, 5.41) is 18.3. The number of benzene rings is 1. The molecule has 0 amide bonds. The first kappa shape index (κ1) is 11.7. The summed E-state index contributed by atoms with van der Waals surface area (Å²) < 4.78 is 5.89. The Labute approximate surface area is 116 Å². The summed E-state index contributed by atoms with van der Waals surface area (Å²) in [6.07, 6.45) is 2.95. The van der Waals surface area contributed by atoms with Crippen LogP contribution in [0.3, 0.4) is 0 Å². The summed E-state index contributed by atoms with van der Waals surface area (Å²) in [6, 6.07) is 7.18. The van der Waals surface area contributed by atoms with E-state index in [1.165, 1.54) is 0 Å². The molecule has 2 heterocycles. The van der Waals surface area contributed by atoms with Gasteiger partial charge in [0.1, 0.15) is 11.4 Å². The van der Waals surface area contributed by atoms with Gasteiger partial charge >= 0.3 is 0 Å². The molecule has 5 nitrogen and oxygen atoms in total. The minimum atomic E-state index is -0.0262. The molecule has 1 spiro atoms. The molecule has 20 heavy (non-hydrogen) atoms. The summed E-state index contributed by atoms with van der Waals surface area (Å²) >= 11 is 0. The van der Waals surface area contributed by atoms with Crippen molar-refractivity contribution in [1.29, 1.82) is 0 Å². The maximum Gasteiger partial charge on any atom is 0.151 e. The van der Waals surface area contributed by atoms with Crippen molar-refractivity contribution in [3.8, 4) is 17.0 Å². The van der Waals surface area contributed by atoms with Gasteiger partial charge in [-0.15, -0.1) is 10.2 Å². The second-order valence-electron chi connectivity index (χ2n) is 5.56. The zero-order chi connectivity index (χ0) is 13.7. The maximum atomic E-state index is 10.1. The number of hydrogen-bond acceptors (Lipinski definition) is 5. The van der Waals surface area contributed by atoms with E-state index < -0.39 is 0 Å². The average molecular weight is 269 g/mol. The molecule has 1 saturated carbocycles. The van der Waals surface area contributed by atoms with Gasteiger partial charge in [0, 0.05) is 17.5 Å². The van der Waals surface area contributed by atoms with Crippen molar-refractivity contribution in [3.05, 3.63) is 35.4 Å². The predicted molar refractivity (Wildman–Crippen MR) is 74.0 cm³/mol.